The van der Waals surface area contributed by atoms with E-state index >= 15 is 0 Å². The zero-order valence-electron chi connectivity index (χ0n) is 8.87. The van der Waals surface area contributed by atoms with Crippen LogP contribution < -0.4 is 5.73 Å². The second-order valence-corrected chi connectivity index (χ2v) is 4.13. The van der Waals surface area contributed by atoms with E-state index in [1.54, 1.807) is 0 Å². The van der Waals surface area contributed by atoms with Gasteiger partial charge in [0.05, 0.1) is 0 Å². The summed E-state index contributed by atoms with van der Waals surface area (Å²) < 4.78 is 2.30. The maximum atomic E-state index is 5.73. The molecule has 2 rings (SSSR count). The van der Waals surface area contributed by atoms with Gasteiger partial charge in [0, 0.05) is 18.7 Å². The Morgan fingerprint density at radius 3 is 2.79 bits per heavy atom. The van der Waals surface area contributed by atoms with Gasteiger partial charge < -0.3 is 10.3 Å². The van der Waals surface area contributed by atoms with Crippen molar-refractivity contribution in [1.82, 2.24) is 9.55 Å². The Labute approximate surface area is 85.3 Å². The number of hydrogen-bond donors (Lipinski definition) is 1. The minimum atomic E-state index is 0.656. The molecule has 1 aliphatic carbocycles. The lowest BCUT2D eigenvalue weighted by molar-refractivity contribution is 0.346. The van der Waals surface area contributed by atoms with Crippen LogP contribution in [-0.4, -0.2) is 9.55 Å². The molecule has 3 heteroatoms. The largest absolute Gasteiger partial charge is 0.382 e. The van der Waals surface area contributed by atoms with Crippen LogP contribution in [0, 0.1) is 0 Å². The van der Waals surface area contributed by atoms with Gasteiger partial charge in [0.1, 0.15) is 11.6 Å². The predicted molar refractivity (Wildman–Crippen MR) is 58.1 cm³/mol. The fourth-order valence-corrected chi connectivity index (χ4v) is 2.39. The first-order valence-electron chi connectivity index (χ1n) is 5.64. The molecule has 78 valence electrons. The van der Waals surface area contributed by atoms with Crippen molar-refractivity contribution >= 4 is 5.82 Å². The summed E-state index contributed by atoms with van der Waals surface area (Å²) in [5, 5.41) is 0. The molecule has 0 saturated heterocycles. The number of aromatic nitrogens is 2. The van der Waals surface area contributed by atoms with E-state index < -0.39 is 0 Å². The second kappa shape index (κ2) is 4.03. The van der Waals surface area contributed by atoms with E-state index in [9.17, 15) is 0 Å². The van der Waals surface area contributed by atoms with Gasteiger partial charge in [0.25, 0.3) is 0 Å². The van der Waals surface area contributed by atoms with E-state index in [0.29, 0.717) is 11.9 Å². The number of imidazole rings is 1. The standard InChI is InChI=1S/C11H19N3/c1-2-11-13-10(12)8-14(11)9-6-4-3-5-7-9/h8-9H,2-7,12H2,1H3. The summed E-state index contributed by atoms with van der Waals surface area (Å²) in [4.78, 5) is 4.35. The first-order chi connectivity index (χ1) is 6.81. The van der Waals surface area contributed by atoms with Gasteiger partial charge in [-0.05, 0) is 12.8 Å². The molecule has 0 aromatic carbocycles. The monoisotopic (exact) mass is 193 g/mol. The first-order valence-corrected chi connectivity index (χ1v) is 5.64. The van der Waals surface area contributed by atoms with Crippen LogP contribution in [0.4, 0.5) is 5.82 Å². The highest BCUT2D eigenvalue weighted by Gasteiger charge is 2.17. The van der Waals surface area contributed by atoms with Crippen LogP contribution in [0.2, 0.25) is 0 Å². The summed E-state index contributed by atoms with van der Waals surface area (Å²) in [7, 11) is 0. The molecule has 3 nitrogen and oxygen atoms in total. The Balaban J connectivity index is 2.20. The zero-order valence-corrected chi connectivity index (χ0v) is 8.87. The Hall–Kier alpha value is -0.990. The lowest BCUT2D eigenvalue weighted by Gasteiger charge is -2.24. The van der Waals surface area contributed by atoms with Crippen LogP contribution in [0.1, 0.15) is 50.9 Å². The number of nitrogen functional groups attached to an aromatic ring is 1. The van der Waals surface area contributed by atoms with Crippen molar-refractivity contribution in [1.29, 1.82) is 0 Å². The average molecular weight is 193 g/mol. The third-order valence-corrected chi connectivity index (χ3v) is 3.11. The Morgan fingerprint density at radius 1 is 1.43 bits per heavy atom. The van der Waals surface area contributed by atoms with Gasteiger partial charge in [-0.1, -0.05) is 26.2 Å². The fraction of sp³-hybridized carbons (Fsp3) is 0.727. The molecule has 0 unspecified atom stereocenters. The van der Waals surface area contributed by atoms with Gasteiger partial charge in [0.15, 0.2) is 0 Å². The lowest BCUT2D eigenvalue weighted by atomic mass is 9.95. The third kappa shape index (κ3) is 1.76. The second-order valence-electron chi connectivity index (χ2n) is 4.13. The summed E-state index contributed by atoms with van der Waals surface area (Å²) in [6.07, 6.45) is 9.67. The van der Waals surface area contributed by atoms with Crippen molar-refractivity contribution in [3.05, 3.63) is 12.0 Å². The minimum Gasteiger partial charge on any atom is -0.382 e. The third-order valence-electron chi connectivity index (χ3n) is 3.11. The summed E-state index contributed by atoms with van der Waals surface area (Å²) in [5.74, 6) is 1.82. The number of aryl methyl sites for hydroxylation is 1. The summed E-state index contributed by atoms with van der Waals surface area (Å²) >= 11 is 0. The number of rotatable bonds is 2. The Kier molecular flexibility index (Phi) is 2.75. The normalized spacial score (nSPS) is 18.6. The molecule has 0 spiro atoms. The van der Waals surface area contributed by atoms with Crippen molar-refractivity contribution < 1.29 is 0 Å². The molecule has 0 aliphatic heterocycles. The van der Waals surface area contributed by atoms with Crippen molar-refractivity contribution in [2.24, 2.45) is 0 Å². The van der Waals surface area contributed by atoms with E-state index in [1.165, 1.54) is 32.1 Å². The fourth-order valence-electron chi connectivity index (χ4n) is 2.39. The molecule has 1 aromatic rings. The number of nitrogens with two attached hydrogens (primary N) is 1. The van der Waals surface area contributed by atoms with Gasteiger partial charge >= 0.3 is 0 Å². The van der Waals surface area contributed by atoms with Crippen molar-refractivity contribution in [3.63, 3.8) is 0 Å². The van der Waals surface area contributed by atoms with E-state index in [1.807, 2.05) is 6.20 Å². The van der Waals surface area contributed by atoms with Crippen LogP contribution >= 0.6 is 0 Å². The number of nitrogens with zero attached hydrogens (tertiary/aromatic N) is 2. The molecule has 1 heterocycles. The molecule has 0 amide bonds. The highest BCUT2D eigenvalue weighted by atomic mass is 15.1. The zero-order chi connectivity index (χ0) is 9.97. The molecule has 14 heavy (non-hydrogen) atoms. The topological polar surface area (TPSA) is 43.8 Å². The molecule has 1 saturated carbocycles. The van der Waals surface area contributed by atoms with Gasteiger partial charge in [-0.25, -0.2) is 4.98 Å². The van der Waals surface area contributed by atoms with Crippen LogP contribution in [0.25, 0.3) is 0 Å². The lowest BCUT2D eigenvalue weighted by Crippen LogP contribution is -2.14. The highest BCUT2D eigenvalue weighted by Crippen LogP contribution is 2.29. The summed E-state index contributed by atoms with van der Waals surface area (Å²) in [6, 6.07) is 0.656. The van der Waals surface area contributed by atoms with Crippen molar-refractivity contribution in [3.8, 4) is 0 Å². The number of anilines is 1. The molecule has 0 radical (unpaired) electrons. The SMILES string of the molecule is CCc1nc(N)cn1C1CCCCC1. The van der Waals surface area contributed by atoms with E-state index in [2.05, 4.69) is 16.5 Å². The Morgan fingerprint density at radius 2 is 2.14 bits per heavy atom. The number of hydrogen-bond acceptors (Lipinski definition) is 2. The molecule has 1 aliphatic rings. The van der Waals surface area contributed by atoms with E-state index in [-0.39, 0.29) is 0 Å². The molecule has 2 N–H and O–H groups in total. The van der Waals surface area contributed by atoms with Gasteiger partial charge in [-0.15, -0.1) is 0 Å². The molecule has 0 bridgehead atoms. The summed E-state index contributed by atoms with van der Waals surface area (Å²) in [6.45, 7) is 2.14. The quantitative estimate of drug-likeness (QED) is 0.784. The minimum absolute atomic E-state index is 0.656. The highest BCUT2D eigenvalue weighted by molar-refractivity contribution is 5.26. The van der Waals surface area contributed by atoms with Gasteiger partial charge in [-0.2, -0.15) is 0 Å². The molecule has 1 aromatic heterocycles. The molecule has 0 atom stereocenters. The maximum Gasteiger partial charge on any atom is 0.141 e. The molecule has 1 fully saturated rings. The van der Waals surface area contributed by atoms with Crippen LogP contribution in [0.15, 0.2) is 6.20 Å². The Bertz CT molecular complexity index is 297. The van der Waals surface area contributed by atoms with Crippen LogP contribution in [-0.2, 0) is 6.42 Å². The van der Waals surface area contributed by atoms with Gasteiger partial charge in [0.2, 0.25) is 0 Å². The molecular weight excluding hydrogens is 174 g/mol. The smallest absolute Gasteiger partial charge is 0.141 e. The van der Waals surface area contributed by atoms with Crippen molar-refractivity contribution in [2.45, 2.75) is 51.5 Å². The van der Waals surface area contributed by atoms with Gasteiger partial charge in [-0.3, -0.25) is 0 Å². The molecular formula is C11H19N3. The van der Waals surface area contributed by atoms with Crippen LogP contribution in [0.3, 0.4) is 0 Å². The average Bonchev–Trinajstić information content (AvgIpc) is 2.61. The van der Waals surface area contributed by atoms with Crippen molar-refractivity contribution in [2.75, 3.05) is 5.73 Å². The summed E-state index contributed by atoms with van der Waals surface area (Å²) in [5.41, 5.74) is 5.73. The van der Waals surface area contributed by atoms with Crippen LogP contribution in [0.5, 0.6) is 0 Å². The van der Waals surface area contributed by atoms with E-state index in [4.69, 9.17) is 5.73 Å². The predicted octanol–water partition coefficient (Wildman–Crippen LogP) is 2.53. The first kappa shape index (κ1) is 9.56. The van der Waals surface area contributed by atoms with E-state index in [0.717, 1.165) is 12.2 Å². The maximum absolute atomic E-state index is 5.73.